The summed E-state index contributed by atoms with van der Waals surface area (Å²) in [4.78, 5) is 16.8. The number of benzene rings is 1. The van der Waals surface area contributed by atoms with E-state index in [4.69, 9.17) is 4.98 Å². The Morgan fingerprint density at radius 2 is 2.00 bits per heavy atom. The highest BCUT2D eigenvalue weighted by atomic mass is 35.5. The molecule has 3 aromatic rings. The van der Waals surface area contributed by atoms with Gasteiger partial charge in [-0.2, -0.15) is 5.10 Å². The molecule has 0 spiro atoms. The van der Waals surface area contributed by atoms with Gasteiger partial charge < -0.3 is 10.6 Å². The molecule has 0 fully saturated rings. The number of carbonyl (C=O) groups excluding carboxylic acids is 1. The molecule has 3 rings (SSSR count). The van der Waals surface area contributed by atoms with Crippen molar-refractivity contribution in [3.63, 3.8) is 0 Å². The van der Waals surface area contributed by atoms with E-state index in [-0.39, 0.29) is 24.4 Å². The highest BCUT2D eigenvalue weighted by molar-refractivity contribution is 5.92. The first-order valence-electron chi connectivity index (χ1n) is 8.68. The zero-order valence-corrected chi connectivity index (χ0v) is 16.5. The van der Waals surface area contributed by atoms with Crippen molar-refractivity contribution in [3.05, 3.63) is 41.2 Å². The average molecular weight is 376 g/mol. The third-order valence-electron chi connectivity index (χ3n) is 4.72. The van der Waals surface area contributed by atoms with E-state index < -0.39 is 0 Å². The second-order valence-corrected chi connectivity index (χ2v) is 6.51. The average Bonchev–Trinajstić information content (AvgIpc) is 2.98. The Hall–Kier alpha value is -2.18. The molecular formula is C19H26ClN5O. The molecule has 1 amide bonds. The number of carbonyl (C=O) groups is 1. The summed E-state index contributed by atoms with van der Waals surface area (Å²) in [7, 11) is 1.89. The third-order valence-corrected chi connectivity index (χ3v) is 4.72. The number of amides is 1. The van der Waals surface area contributed by atoms with Gasteiger partial charge in [-0.15, -0.1) is 12.4 Å². The molecule has 140 valence electrons. The minimum absolute atomic E-state index is 0. The van der Waals surface area contributed by atoms with Crippen LogP contribution < -0.4 is 10.6 Å². The molecule has 6 nitrogen and oxygen atoms in total. The van der Waals surface area contributed by atoms with Crippen molar-refractivity contribution in [3.8, 4) is 0 Å². The summed E-state index contributed by atoms with van der Waals surface area (Å²) in [5, 5.41) is 11.8. The predicted molar refractivity (Wildman–Crippen MR) is 107 cm³/mol. The summed E-state index contributed by atoms with van der Waals surface area (Å²) in [6.07, 6.45) is 1.11. The van der Waals surface area contributed by atoms with Gasteiger partial charge in [-0.25, -0.2) is 9.50 Å². The molecule has 2 N–H and O–H groups in total. The molecule has 0 saturated heterocycles. The van der Waals surface area contributed by atoms with Crippen molar-refractivity contribution in [2.75, 3.05) is 13.6 Å². The SMILES string of the molecule is CNC(C)CNC(=O)CCc1c(C)nc2c3ccccc3nn2c1C.Cl. The Morgan fingerprint density at radius 1 is 1.27 bits per heavy atom. The van der Waals surface area contributed by atoms with Crippen LogP contribution in [0.15, 0.2) is 24.3 Å². The summed E-state index contributed by atoms with van der Waals surface area (Å²) in [5.41, 5.74) is 4.93. The van der Waals surface area contributed by atoms with E-state index >= 15 is 0 Å². The fraction of sp³-hybridized carbons (Fsp3) is 0.421. The number of hydrogen-bond donors (Lipinski definition) is 2. The van der Waals surface area contributed by atoms with Crippen LogP contribution in [0.4, 0.5) is 0 Å². The molecule has 0 radical (unpaired) electrons. The number of nitrogens with zero attached hydrogens (tertiary/aromatic N) is 3. The normalized spacial score (nSPS) is 12.2. The lowest BCUT2D eigenvalue weighted by molar-refractivity contribution is -0.121. The Morgan fingerprint density at radius 3 is 2.73 bits per heavy atom. The topological polar surface area (TPSA) is 71.3 Å². The molecule has 2 aromatic heterocycles. The van der Waals surface area contributed by atoms with Crippen molar-refractivity contribution < 1.29 is 4.79 Å². The molecule has 1 unspecified atom stereocenters. The lowest BCUT2D eigenvalue weighted by Crippen LogP contribution is -2.37. The van der Waals surface area contributed by atoms with Crippen molar-refractivity contribution in [2.24, 2.45) is 0 Å². The zero-order chi connectivity index (χ0) is 18.0. The van der Waals surface area contributed by atoms with Crippen molar-refractivity contribution in [1.29, 1.82) is 0 Å². The maximum Gasteiger partial charge on any atom is 0.220 e. The van der Waals surface area contributed by atoms with Gasteiger partial charge in [0, 0.05) is 35.8 Å². The quantitative estimate of drug-likeness (QED) is 0.694. The van der Waals surface area contributed by atoms with Crippen LogP contribution in [0, 0.1) is 13.8 Å². The van der Waals surface area contributed by atoms with Crippen LogP contribution in [-0.4, -0.2) is 40.1 Å². The van der Waals surface area contributed by atoms with Gasteiger partial charge in [0.05, 0.1) is 5.52 Å². The number of halogens is 1. The molecule has 2 heterocycles. The summed E-state index contributed by atoms with van der Waals surface area (Å²) in [6, 6.07) is 8.28. The van der Waals surface area contributed by atoms with E-state index in [0.29, 0.717) is 19.4 Å². The van der Waals surface area contributed by atoms with Crippen molar-refractivity contribution >= 4 is 34.9 Å². The van der Waals surface area contributed by atoms with Crippen LogP contribution in [-0.2, 0) is 11.2 Å². The van der Waals surface area contributed by atoms with E-state index in [0.717, 1.165) is 33.5 Å². The number of nitrogens with one attached hydrogen (secondary N) is 2. The Kier molecular flexibility index (Phi) is 6.56. The maximum absolute atomic E-state index is 12.1. The fourth-order valence-electron chi connectivity index (χ4n) is 3.03. The van der Waals surface area contributed by atoms with Gasteiger partial charge in [0.15, 0.2) is 5.65 Å². The minimum Gasteiger partial charge on any atom is -0.355 e. The van der Waals surface area contributed by atoms with Gasteiger partial charge >= 0.3 is 0 Å². The van der Waals surface area contributed by atoms with Gasteiger partial charge in [-0.05, 0) is 51.9 Å². The highest BCUT2D eigenvalue weighted by Crippen LogP contribution is 2.22. The molecular weight excluding hydrogens is 350 g/mol. The van der Waals surface area contributed by atoms with Crippen molar-refractivity contribution in [2.45, 2.75) is 39.7 Å². The summed E-state index contributed by atoms with van der Waals surface area (Å²) < 4.78 is 1.90. The number of rotatable bonds is 6. The van der Waals surface area contributed by atoms with Gasteiger partial charge in [0.2, 0.25) is 5.91 Å². The predicted octanol–water partition coefficient (Wildman–Crippen LogP) is 2.58. The molecule has 0 aliphatic rings. The first-order valence-corrected chi connectivity index (χ1v) is 8.68. The fourth-order valence-corrected chi connectivity index (χ4v) is 3.03. The first-order chi connectivity index (χ1) is 12.0. The summed E-state index contributed by atoms with van der Waals surface area (Å²) >= 11 is 0. The van der Waals surface area contributed by atoms with Gasteiger partial charge in [-0.3, -0.25) is 4.79 Å². The number of aromatic nitrogens is 3. The largest absolute Gasteiger partial charge is 0.355 e. The van der Waals surface area contributed by atoms with E-state index in [9.17, 15) is 4.79 Å². The van der Waals surface area contributed by atoms with E-state index in [1.807, 2.05) is 56.6 Å². The molecule has 0 aliphatic carbocycles. The smallest absolute Gasteiger partial charge is 0.220 e. The number of likely N-dealkylation sites (N-methyl/N-ethyl adjacent to an activating group) is 1. The lowest BCUT2D eigenvalue weighted by atomic mass is 10.1. The minimum atomic E-state index is 0. The van der Waals surface area contributed by atoms with E-state index in [1.165, 1.54) is 0 Å². The van der Waals surface area contributed by atoms with Crippen molar-refractivity contribution in [1.82, 2.24) is 25.2 Å². The summed E-state index contributed by atoms with van der Waals surface area (Å²) in [6.45, 7) is 6.72. The second kappa shape index (κ2) is 8.47. The third kappa shape index (κ3) is 3.97. The molecule has 7 heteroatoms. The molecule has 26 heavy (non-hydrogen) atoms. The molecule has 0 aliphatic heterocycles. The Bertz CT molecular complexity index is 921. The molecule has 0 bridgehead atoms. The number of fused-ring (bicyclic) bond motifs is 3. The van der Waals surface area contributed by atoms with Crippen LogP contribution in [0.25, 0.3) is 16.6 Å². The van der Waals surface area contributed by atoms with Gasteiger partial charge in [-0.1, -0.05) is 12.1 Å². The molecule has 1 aromatic carbocycles. The van der Waals surface area contributed by atoms with Crippen LogP contribution >= 0.6 is 12.4 Å². The second-order valence-electron chi connectivity index (χ2n) is 6.51. The van der Waals surface area contributed by atoms with Gasteiger partial charge in [0.1, 0.15) is 0 Å². The Balaban J connectivity index is 0.00000243. The maximum atomic E-state index is 12.1. The van der Waals surface area contributed by atoms with Gasteiger partial charge in [0.25, 0.3) is 0 Å². The van der Waals surface area contributed by atoms with E-state index in [1.54, 1.807) is 0 Å². The van der Waals surface area contributed by atoms with Crippen LogP contribution in [0.3, 0.4) is 0 Å². The lowest BCUT2D eigenvalue weighted by Gasteiger charge is -2.13. The van der Waals surface area contributed by atoms with Crippen LogP contribution in [0.2, 0.25) is 0 Å². The highest BCUT2D eigenvalue weighted by Gasteiger charge is 2.15. The Labute approximate surface area is 159 Å². The summed E-state index contributed by atoms with van der Waals surface area (Å²) in [5.74, 6) is 0.0617. The molecule has 1 atom stereocenters. The molecule has 0 saturated carbocycles. The first kappa shape index (κ1) is 20.1. The monoisotopic (exact) mass is 375 g/mol. The number of aryl methyl sites for hydroxylation is 2. The van der Waals surface area contributed by atoms with Crippen LogP contribution in [0.1, 0.15) is 30.3 Å². The van der Waals surface area contributed by atoms with Crippen LogP contribution in [0.5, 0.6) is 0 Å². The standard InChI is InChI=1S/C19H25N5O.ClH/c1-12(20-4)11-21-18(25)10-9-15-13(2)22-19-16-7-5-6-8-17(16)23-24(19)14(15)3;/h5-8,12,20H,9-11H2,1-4H3,(H,21,25);1H. The zero-order valence-electron chi connectivity index (χ0n) is 15.7. The number of hydrogen-bond acceptors (Lipinski definition) is 4. The van der Waals surface area contributed by atoms with E-state index in [2.05, 4.69) is 15.7 Å².